The SMILES string of the molecule is O=C(Nc1cccc(Cn2cncn2)c1)c1cc2c([nH]c1=O)CCCC2. The first-order valence-corrected chi connectivity index (χ1v) is 8.67. The summed E-state index contributed by atoms with van der Waals surface area (Å²) in [6, 6.07) is 9.21. The average Bonchev–Trinajstić information content (AvgIpc) is 3.14. The van der Waals surface area contributed by atoms with E-state index in [4.69, 9.17) is 0 Å². The van der Waals surface area contributed by atoms with Gasteiger partial charge in [0.2, 0.25) is 0 Å². The minimum Gasteiger partial charge on any atom is -0.325 e. The molecule has 3 aromatic rings. The van der Waals surface area contributed by atoms with Gasteiger partial charge in [-0.1, -0.05) is 12.1 Å². The van der Waals surface area contributed by atoms with Crippen molar-refractivity contribution in [2.45, 2.75) is 32.2 Å². The second-order valence-electron chi connectivity index (χ2n) is 6.47. The molecule has 0 atom stereocenters. The van der Waals surface area contributed by atoms with Gasteiger partial charge in [0.15, 0.2) is 0 Å². The summed E-state index contributed by atoms with van der Waals surface area (Å²) in [6.45, 7) is 0.559. The molecule has 7 nitrogen and oxygen atoms in total. The Kier molecular flexibility index (Phi) is 4.35. The number of carbonyl (C=O) groups is 1. The first-order valence-electron chi connectivity index (χ1n) is 8.67. The summed E-state index contributed by atoms with van der Waals surface area (Å²) in [4.78, 5) is 31.6. The Morgan fingerprint density at radius 2 is 2.12 bits per heavy atom. The fourth-order valence-electron chi connectivity index (χ4n) is 3.29. The fourth-order valence-corrected chi connectivity index (χ4v) is 3.29. The molecule has 0 aliphatic heterocycles. The molecule has 2 aromatic heterocycles. The monoisotopic (exact) mass is 349 g/mol. The van der Waals surface area contributed by atoms with E-state index in [-0.39, 0.29) is 11.1 Å². The highest BCUT2D eigenvalue weighted by Crippen LogP contribution is 2.19. The minimum absolute atomic E-state index is 0.160. The molecule has 0 fully saturated rings. The Balaban J connectivity index is 1.54. The van der Waals surface area contributed by atoms with Gasteiger partial charge in [0, 0.05) is 11.4 Å². The van der Waals surface area contributed by atoms with Crippen LogP contribution < -0.4 is 10.9 Å². The topological polar surface area (TPSA) is 92.7 Å². The van der Waals surface area contributed by atoms with E-state index in [1.165, 1.54) is 6.33 Å². The maximum absolute atomic E-state index is 12.6. The van der Waals surface area contributed by atoms with Crippen LogP contribution in [0.4, 0.5) is 5.69 Å². The number of H-pyrrole nitrogens is 1. The van der Waals surface area contributed by atoms with Crippen LogP contribution >= 0.6 is 0 Å². The first-order chi connectivity index (χ1) is 12.7. The van der Waals surface area contributed by atoms with Gasteiger partial charge in [0.1, 0.15) is 18.2 Å². The van der Waals surface area contributed by atoms with E-state index in [1.807, 2.05) is 18.2 Å². The van der Waals surface area contributed by atoms with Crippen molar-refractivity contribution in [2.75, 3.05) is 5.32 Å². The predicted octanol–water partition coefficient (Wildman–Crippen LogP) is 2.15. The van der Waals surface area contributed by atoms with Gasteiger partial charge in [-0.15, -0.1) is 0 Å². The number of fused-ring (bicyclic) bond motifs is 1. The lowest BCUT2D eigenvalue weighted by Gasteiger charge is -2.16. The smallest absolute Gasteiger partial charge is 0.261 e. The molecule has 0 unspecified atom stereocenters. The Bertz CT molecular complexity index is 991. The summed E-state index contributed by atoms with van der Waals surface area (Å²) in [5.41, 5.74) is 3.49. The molecule has 1 amide bonds. The number of aromatic amines is 1. The molecular weight excluding hydrogens is 330 g/mol. The number of rotatable bonds is 4. The molecule has 26 heavy (non-hydrogen) atoms. The predicted molar refractivity (Wildman–Crippen MR) is 97.2 cm³/mol. The zero-order chi connectivity index (χ0) is 17.9. The zero-order valence-corrected chi connectivity index (χ0v) is 14.2. The number of aromatic nitrogens is 4. The highest BCUT2D eigenvalue weighted by molar-refractivity contribution is 6.04. The van der Waals surface area contributed by atoms with Crippen LogP contribution in [-0.4, -0.2) is 25.7 Å². The molecule has 4 rings (SSSR count). The van der Waals surface area contributed by atoms with E-state index in [1.54, 1.807) is 23.1 Å². The van der Waals surface area contributed by atoms with Gasteiger partial charge in [-0.2, -0.15) is 5.10 Å². The molecule has 2 heterocycles. The van der Waals surface area contributed by atoms with Gasteiger partial charge in [-0.25, -0.2) is 9.67 Å². The molecule has 2 N–H and O–H groups in total. The van der Waals surface area contributed by atoms with Gasteiger partial charge >= 0.3 is 0 Å². The second-order valence-corrected chi connectivity index (χ2v) is 6.47. The van der Waals surface area contributed by atoms with E-state index < -0.39 is 5.91 Å². The molecule has 132 valence electrons. The zero-order valence-electron chi connectivity index (χ0n) is 14.2. The van der Waals surface area contributed by atoms with Gasteiger partial charge < -0.3 is 10.3 Å². The number of nitrogens with one attached hydrogen (secondary N) is 2. The largest absolute Gasteiger partial charge is 0.325 e. The van der Waals surface area contributed by atoms with E-state index in [2.05, 4.69) is 20.4 Å². The molecule has 0 saturated carbocycles. The molecule has 0 saturated heterocycles. The minimum atomic E-state index is -0.391. The van der Waals surface area contributed by atoms with Crippen LogP contribution in [0.2, 0.25) is 0 Å². The Labute approximate surface area is 150 Å². The molecule has 0 bridgehead atoms. The summed E-state index contributed by atoms with van der Waals surface area (Å²) >= 11 is 0. The number of hydrogen-bond acceptors (Lipinski definition) is 4. The van der Waals surface area contributed by atoms with Crippen molar-refractivity contribution in [3.05, 3.63) is 75.7 Å². The van der Waals surface area contributed by atoms with Crippen LogP contribution in [0, 0.1) is 0 Å². The van der Waals surface area contributed by atoms with Gasteiger partial charge in [-0.3, -0.25) is 9.59 Å². The Hall–Kier alpha value is -3.22. The summed E-state index contributed by atoms with van der Waals surface area (Å²) < 4.78 is 1.70. The summed E-state index contributed by atoms with van der Waals surface area (Å²) in [5, 5.41) is 6.90. The van der Waals surface area contributed by atoms with Crippen LogP contribution in [0.25, 0.3) is 0 Å². The summed E-state index contributed by atoms with van der Waals surface area (Å²) in [5.74, 6) is -0.391. The lowest BCUT2D eigenvalue weighted by atomic mass is 9.95. The molecule has 1 aliphatic carbocycles. The molecule has 0 radical (unpaired) electrons. The van der Waals surface area contributed by atoms with Crippen LogP contribution in [0.3, 0.4) is 0 Å². The van der Waals surface area contributed by atoms with Crippen molar-refractivity contribution in [3.8, 4) is 0 Å². The third kappa shape index (κ3) is 3.42. The fraction of sp³-hybridized carbons (Fsp3) is 0.263. The lowest BCUT2D eigenvalue weighted by Crippen LogP contribution is -2.26. The highest BCUT2D eigenvalue weighted by atomic mass is 16.2. The number of hydrogen-bond donors (Lipinski definition) is 2. The third-order valence-electron chi connectivity index (χ3n) is 4.58. The number of nitrogens with zero attached hydrogens (tertiary/aromatic N) is 3. The van der Waals surface area contributed by atoms with Crippen LogP contribution in [-0.2, 0) is 19.4 Å². The van der Waals surface area contributed by atoms with Crippen molar-refractivity contribution >= 4 is 11.6 Å². The second kappa shape index (κ2) is 6.95. The van der Waals surface area contributed by atoms with Crippen molar-refractivity contribution in [1.82, 2.24) is 19.7 Å². The van der Waals surface area contributed by atoms with Crippen molar-refractivity contribution < 1.29 is 4.79 Å². The quantitative estimate of drug-likeness (QED) is 0.755. The molecule has 1 aliphatic rings. The lowest BCUT2D eigenvalue weighted by molar-refractivity contribution is 0.102. The van der Waals surface area contributed by atoms with Crippen molar-refractivity contribution in [2.24, 2.45) is 0 Å². The number of pyridine rings is 1. The number of anilines is 1. The first kappa shape index (κ1) is 16.3. The maximum Gasteiger partial charge on any atom is 0.261 e. The maximum atomic E-state index is 12.6. The van der Waals surface area contributed by atoms with Crippen LogP contribution in [0.5, 0.6) is 0 Å². The summed E-state index contributed by atoms with van der Waals surface area (Å²) in [7, 11) is 0. The standard InChI is InChI=1S/C19H19N5O2/c25-18(16-9-14-5-1-2-7-17(14)23-19(16)26)22-15-6-3-4-13(8-15)10-24-12-20-11-21-24/h3-4,6,8-9,11-12H,1-2,5,7,10H2,(H,22,25)(H,23,26). The number of carbonyl (C=O) groups excluding carboxylic acids is 1. The van der Waals surface area contributed by atoms with E-state index in [0.29, 0.717) is 12.2 Å². The average molecular weight is 349 g/mol. The molecule has 7 heteroatoms. The van der Waals surface area contributed by atoms with Crippen LogP contribution in [0.1, 0.15) is 40.0 Å². The molecule has 1 aromatic carbocycles. The van der Waals surface area contributed by atoms with E-state index >= 15 is 0 Å². The van der Waals surface area contributed by atoms with E-state index in [9.17, 15) is 9.59 Å². The normalized spacial score (nSPS) is 13.2. The van der Waals surface area contributed by atoms with Gasteiger partial charge in [-0.05, 0) is 55.0 Å². The number of aryl methyl sites for hydroxylation is 2. The van der Waals surface area contributed by atoms with Crippen LogP contribution in [0.15, 0.2) is 47.8 Å². The van der Waals surface area contributed by atoms with E-state index in [0.717, 1.165) is 42.5 Å². The molecule has 0 spiro atoms. The number of benzene rings is 1. The highest BCUT2D eigenvalue weighted by Gasteiger charge is 2.17. The number of amides is 1. The third-order valence-corrected chi connectivity index (χ3v) is 4.58. The summed E-state index contributed by atoms with van der Waals surface area (Å²) in [6.07, 6.45) is 7.06. The van der Waals surface area contributed by atoms with Gasteiger partial charge in [0.25, 0.3) is 11.5 Å². The van der Waals surface area contributed by atoms with Crippen molar-refractivity contribution in [3.63, 3.8) is 0 Å². The Morgan fingerprint density at radius 1 is 1.23 bits per heavy atom. The molecular formula is C19H19N5O2. The Morgan fingerprint density at radius 3 is 2.96 bits per heavy atom. The van der Waals surface area contributed by atoms with Crippen molar-refractivity contribution in [1.29, 1.82) is 0 Å². The van der Waals surface area contributed by atoms with Gasteiger partial charge in [0.05, 0.1) is 6.54 Å².